The van der Waals surface area contributed by atoms with Crippen molar-refractivity contribution in [3.05, 3.63) is 29.6 Å². The van der Waals surface area contributed by atoms with Crippen LogP contribution in [0, 0.1) is 17.7 Å². The highest BCUT2D eigenvalue weighted by molar-refractivity contribution is 5.89. The minimum Gasteiger partial charge on any atom is -0.427 e. The Morgan fingerprint density at radius 3 is 2.67 bits per heavy atom. The van der Waals surface area contributed by atoms with Crippen LogP contribution >= 0.6 is 0 Å². The number of likely N-dealkylation sites (tertiary alicyclic amines) is 1. The summed E-state index contributed by atoms with van der Waals surface area (Å²) in [4.78, 5) is 42.1. The first-order valence-corrected chi connectivity index (χ1v) is 10.3. The zero-order valence-electron chi connectivity index (χ0n) is 16.7. The summed E-state index contributed by atoms with van der Waals surface area (Å²) in [6, 6.07) is 1.45. The van der Waals surface area contributed by atoms with E-state index in [9.17, 15) is 29.2 Å². The molecule has 1 aliphatic heterocycles. The monoisotopic (exact) mass is 422 g/mol. The Balaban J connectivity index is 1.77. The molecule has 0 spiro atoms. The Morgan fingerprint density at radius 2 is 2.00 bits per heavy atom. The van der Waals surface area contributed by atoms with Gasteiger partial charge in [-0.2, -0.15) is 9.72 Å². The Kier molecular flexibility index (Phi) is 7.20. The fourth-order valence-corrected chi connectivity index (χ4v) is 4.42. The summed E-state index contributed by atoms with van der Waals surface area (Å²) < 4.78 is 13.6. The maximum Gasteiger partial charge on any atom is 0.270 e. The summed E-state index contributed by atoms with van der Waals surface area (Å²) in [5.74, 6) is -1.82. The Bertz CT molecular complexity index is 852. The molecule has 1 aromatic heterocycles. The lowest BCUT2D eigenvalue weighted by Gasteiger charge is -2.29. The van der Waals surface area contributed by atoms with E-state index in [1.54, 1.807) is 0 Å². The van der Waals surface area contributed by atoms with Gasteiger partial charge in [-0.3, -0.25) is 19.6 Å². The normalized spacial score (nSPS) is 21.1. The van der Waals surface area contributed by atoms with Crippen LogP contribution in [0.1, 0.15) is 44.9 Å². The summed E-state index contributed by atoms with van der Waals surface area (Å²) in [5.41, 5.74) is -0.134. The molecule has 164 valence electrons. The van der Waals surface area contributed by atoms with Crippen LogP contribution in [0.2, 0.25) is 0 Å². The molecule has 10 heteroatoms. The molecule has 2 heterocycles. The van der Waals surface area contributed by atoms with Crippen molar-refractivity contribution < 1.29 is 29.2 Å². The number of hydrogen-bond acceptors (Lipinski definition) is 5. The van der Waals surface area contributed by atoms with Gasteiger partial charge >= 0.3 is 0 Å². The zero-order chi connectivity index (χ0) is 21.7. The van der Waals surface area contributed by atoms with E-state index < -0.39 is 23.7 Å². The van der Waals surface area contributed by atoms with Gasteiger partial charge in [0.1, 0.15) is 11.9 Å². The predicted octanol–water partition coefficient (Wildman–Crippen LogP) is 1.33. The standard InChI is InChI=1S/C20H27FN4O5/c21-16-7-8-18(25(30)12-16)22-19(27)17-6-3-9-24(17)20(28)15(11-23(29)13-26)10-14-4-1-2-5-14/h7-8,12-15,17,29-30H,1-6,9-11H2. The first-order valence-electron chi connectivity index (χ1n) is 10.3. The molecule has 0 aromatic carbocycles. The lowest BCUT2D eigenvalue weighted by molar-refractivity contribution is -0.158. The molecule has 2 unspecified atom stereocenters. The maximum atomic E-state index is 13.2. The van der Waals surface area contributed by atoms with Gasteiger partial charge in [0.05, 0.1) is 18.7 Å². The Hall–Kier alpha value is -2.75. The van der Waals surface area contributed by atoms with Crippen LogP contribution in [0.15, 0.2) is 23.3 Å². The van der Waals surface area contributed by atoms with Crippen molar-refractivity contribution in [3.63, 3.8) is 0 Å². The minimum atomic E-state index is -0.794. The number of carbonyl (C=O) groups excluding carboxylic acids is 3. The average Bonchev–Trinajstić information content (AvgIpc) is 3.40. The minimum absolute atomic E-state index is 0.123. The molecule has 9 nitrogen and oxygen atoms in total. The number of halogens is 1. The second-order valence-electron chi connectivity index (χ2n) is 8.00. The third-order valence-corrected chi connectivity index (χ3v) is 5.89. The highest BCUT2D eigenvalue weighted by Gasteiger charge is 2.38. The zero-order valence-corrected chi connectivity index (χ0v) is 16.7. The van der Waals surface area contributed by atoms with E-state index in [1.165, 1.54) is 11.0 Å². The number of rotatable bonds is 7. The molecule has 0 bridgehead atoms. The summed E-state index contributed by atoms with van der Waals surface area (Å²) in [6.45, 7) is 0.253. The van der Waals surface area contributed by atoms with E-state index in [0.717, 1.165) is 37.9 Å². The highest BCUT2D eigenvalue weighted by atomic mass is 19.1. The van der Waals surface area contributed by atoms with Crippen molar-refractivity contribution in [1.82, 2.24) is 14.7 Å². The summed E-state index contributed by atoms with van der Waals surface area (Å²) in [6.07, 6.45) is 6.87. The number of hydrogen-bond donors (Lipinski definition) is 2. The smallest absolute Gasteiger partial charge is 0.270 e. The van der Waals surface area contributed by atoms with E-state index in [2.05, 4.69) is 4.99 Å². The van der Waals surface area contributed by atoms with E-state index in [-0.39, 0.29) is 24.3 Å². The first kappa shape index (κ1) is 21.9. The van der Waals surface area contributed by atoms with Gasteiger partial charge in [-0.05, 0) is 37.3 Å². The van der Waals surface area contributed by atoms with Crippen LogP contribution in [0.3, 0.4) is 0 Å². The molecule has 0 radical (unpaired) electrons. The van der Waals surface area contributed by atoms with Gasteiger partial charge in [0, 0.05) is 6.54 Å². The second-order valence-corrected chi connectivity index (χ2v) is 8.00. The number of carbonyl (C=O) groups is 3. The van der Waals surface area contributed by atoms with Gasteiger partial charge in [0.2, 0.25) is 12.3 Å². The van der Waals surface area contributed by atoms with Crippen LogP contribution in [0.5, 0.6) is 0 Å². The first-order chi connectivity index (χ1) is 14.4. The van der Waals surface area contributed by atoms with Gasteiger partial charge < -0.3 is 10.1 Å². The van der Waals surface area contributed by atoms with Crippen molar-refractivity contribution in [2.45, 2.75) is 51.0 Å². The number of aromatic nitrogens is 1. The summed E-state index contributed by atoms with van der Waals surface area (Å²) in [5, 5.41) is 19.9. The topological polar surface area (TPSA) is 115 Å². The molecule has 1 aromatic rings. The molecular formula is C20H27FN4O5. The van der Waals surface area contributed by atoms with Gasteiger partial charge in [-0.15, -0.1) is 0 Å². The lowest BCUT2D eigenvalue weighted by Crippen LogP contribution is -2.46. The molecule has 1 saturated heterocycles. The molecule has 2 fully saturated rings. The van der Waals surface area contributed by atoms with Gasteiger partial charge in [-0.1, -0.05) is 25.7 Å². The maximum absolute atomic E-state index is 13.2. The molecule has 1 aliphatic carbocycles. The fraction of sp³-hybridized carbons (Fsp3) is 0.600. The molecule has 30 heavy (non-hydrogen) atoms. The number of amides is 3. The number of nitrogens with zero attached hydrogens (tertiary/aromatic N) is 4. The molecule has 2 atom stereocenters. The van der Waals surface area contributed by atoms with Crippen LogP contribution in [-0.2, 0) is 14.4 Å². The lowest BCUT2D eigenvalue weighted by atomic mass is 9.91. The van der Waals surface area contributed by atoms with E-state index >= 15 is 0 Å². The second kappa shape index (κ2) is 9.84. The SMILES string of the molecule is O=CN(O)CC(CC1CCCC1)C(=O)N1CCCC1C(=O)N=c1ccc(F)cn1O. The molecule has 1 saturated carbocycles. The van der Waals surface area contributed by atoms with Crippen LogP contribution < -0.4 is 5.49 Å². The van der Waals surface area contributed by atoms with E-state index in [1.807, 2.05) is 0 Å². The van der Waals surface area contributed by atoms with Gasteiger partial charge in [0.25, 0.3) is 5.91 Å². The van der Waals surface area contributed by atoms with Gasteiger partial charge in [-0.25, -0.2) is 9.45 Å². The Labute approximate surface area is 173 Å². The van der Waals surface area contributed by atoms with Crippen LogP contribution in [0.4, 0.5) is 4.39 Å². The van der Waals surface area contributed by atoms with E-state index in [0.29, 0.717) is 41.5 Å². The number of hydroxylamine groups is 2. The summed E-state index contributed by atoms with van der Waals surface area (Å²) >= 11 is 0. The van der Waals surface area contributed by atoms with E-state index in [4.69, 9.17) is 0 Å². The van der Waals surface area contributed by atoms with Crippen molar-refractivity contribution in [2.24, 2.45) is 16.8 Å². The Morgan fingerprint density at radius 1 is 1.27 bits per heavy atom. The molecule has 3 rings (SSSR count). The molecule has 2 aliphatic rings. The largest absolute Gasteiger partial charge is 0.427 e. The third kappa shape index (κ3) is 5.24. The van der Waals surface area contributed by atoms with Crippen molar-refractivity contribution in [3.8, 4) is 0 Å². The quantitative estimate of drug-likeness (QED) is 0.298. The van der Waals surface area contributed by atoms with Crippen LogP contribution in [-0.4, -0.2) is 62.5 Å². The fourth-order valence-electron chi connectivity index (χ4n) is 4.42. The number of pyridine rings is 1. The molecule has 2 N–H and O–H groups in total. The average molecular weight is 422 g/mol. The van der Waals surface area contributed by atoms with Crippen molar-refractivity contribution in [1.29, 1.82) is 0 Å². The van der Waals surface area contributed by atoms with Crippen molar-refractivity contribution >= 4 is 18.2 Å². The van der Waals surface area contributed by atoms with Gasteiger partial charge in [0.15, 0.2) is 5.49 Å². The summed E-state index contributed by atoms with van der Waals surface area (Å²) in [7, 11) is 0. The molecular weight excluding hydrogens is 395 g/mol. The molecule has 3 amide bonds. The van der Waals surface area contributed by atoms with Crippen LogP contribution in [0.25, 0.3) is 0 Å². The highest BCUT2D eigenvalue weighted by Crippen LogP contribution is 2.32. The predicted molar refractivity (Wildman–Crippen MR) is 102 cm³/mol. The van der Waals surface area contributed by atoms with Crippen molar-refractivity contribution in [2.75, 3.05) is 13.1 Å². The third-order valence-electron chi connectivity index (χ3n) is 5.89.